The Morgan fingerprint density at radius 3 is 2.90 bits per heavy atom. The smallest absolute Gasteiger partial charge is 0.328 e. The predicted molar refractivity (Wildman–Crippen MR) is 78.1 cm³/mol. The first-order valence-corrected chi connectivity index (χ1v) is 6.50. The first kappa shape index (κ1) is 14.5. The van der Waals surface area contributed by atoms with Crippen LogP contribution >= 0.6 is 0 Å². The van der Waals surface area contributed by atoms with E-state index in [0.29, 0.717) is 19.5 Å². The van der Waals surface area contributed by atoms with Crippen LogP contribution < -0.4 is 16.6 Å². The van der Waals surface area contributed by atoms with Gasteiger partial charge in [-0.2, -0.15) is 5.26 Å². The van der Waals surface area contributed by atoms with Gasteiger partial charge in [0.05, 0.1) is 0 Å². The maximum Gasteiger partial charge on any atom is 0.328 e. The molecule has 0 aliphatic heterocycles. The summed E-state index contributed by atoms with van der Waals surface area (Å²) in [5.74, 6) is 0.770. The number of pyridine rings is 1. The number of nitrogens with one attached hydrogen (secondary N) is 2. The zero-order valence-electron chi connectivity index (χ0n) is 11.6. The Hall–Kier alpha value is -2.88. The quantitative estimate of drug-likeness (QED) is 0.783. The molecule has 21 heavy (non-hydrogen) atoms. The summed E-state index contributed by atoms with van der Waals surface area (Å²) < 4.78 is 1.32. The number of hydrogen-bond donors (Lipinski definition) is 2. The molecule has 0 fully saturated rings. The number of nitriles is 1. The first-order valence-electron chi connectivity index (χ1n) is 6.50. The van der Waals surface area contributed by atoms with Crippen LogP contribution in [0.25, 0.3) is 0 Å². The zero-order chi connectivity index (χ0) is 15.2. The van der Waals surface area contributed by atoms with Gasteiger partial charge in [-0.25, -0.2) is 9.78 Å². The van der Waals surface area contributed by atoms with Gasteiger partial charge in [0, 0.05) is 25.5 Å². The Morgan fingerprint density at radius 1 is 1.43 bits per heavy atom. The lowest BCUT2D eigenvalue weighted by Crippen LogP contribution is -2.31. The molecule has 0 saturated heterocycles. The third-order valence-electron chi connectivity index (χ3n) is 2.92. The maximum atomic E-state index is 11.6. The predicted octanol–water partition coefficient (Wildman–Crippen LogP) is 0.614. The fraction of sp³-hybridized carbons (Fsp3) is 0.286. The highest BCUT2D eigenvalue weighted by atomic mass is 16.2. The maximum absolute atomic E-state index is 11.6. The van der Waals surface area contributed by atoms with Gasteiger partial charge in [-0.05, 0) is 25.0 Å². The average Bonchev–Trinajstić information content (AvgIpc) is 2.47. The van der Waals surface area contributed by atoms with E-state index in [1.807, 2.05) is 19.1 Å². The fourth-order valence-electron chi connectivity index (χ4n) is 1.79. The van der Waals surface area contributed by atoms with E-state index in [4.69, 9.17) is 5.26 Å². The second-order valence-corrected chi connectivity index (χ2v) is 4.61. The number of aryl methyl sites for hydroxylation is 2. The summed E-state index contributed by atoms with van der Waals surface area (Å²) in [5.41, 5.74) is -0.139. The first-order chi connectivity index (χ1) is 10.1. The van der Waals surface area contributed by atoms with Crippen LogP contribution in [0.2, 0.25) is 0 Å². The molecule has 0 radical (unpaired) electrons. The Morgan fingerprint density at radius 2 is 2.24 bits per heavy atom. The van der Waals surface area contributed by atoms with Crippen molar-refractivity contribution < 1.29 is 0 Å². The van der Waals surface area contributed by atoms with Gasteiger partial charge in [0.15, 0.2) is 0 Å². The van der Waals surface area contributed by atoms with Crippen molar-refractivity contribution in [3.05, 3.63) is 56.5 Å². The molecular weight excluding hydrogens is 270 g/mol. The van der Waals surface area contributed by atoms with E-state index >= 15 is 0 Å². The van der Waals surface area contributed by atoms with E-state index in [-0.39, 0.29) is 5.56 Å². The van der Waals surface area contributed by atoms with Gasteiger partial charge >= 0.3 is 5.69 Å². The van der Waals surface area contributed by atoms with Crippen LogP contribution in [0.15, 0.2) is 34.1 Å². The zero-order valence-corrected chi connectivity index (χ0v) is 11.6. The van der Waals surface area contributed by atoms with E-state index in [9.17, 15) is 9.59 Å². The normalized spacial score (nSPS) is 10.1. The molecule has 7 heteroatoms. The van der Waals surface area contributed by atoms with Crippen LogP contribution in [0.1, 0.15) is 17.5 Å². The Balaban J connectivity index is 1.92. The number of rotatable bonds is 5. The minimum atomic E-state index is -0.652. The summed E-state index contributed by atoms with van der Waals surface area (Å²) in [4.78, 5) is 29.2. The van der Waals surface area contributed by atoms with Crippen LogP contribution in [-0.4, -0.2) is 21.1 Å². The molecule has 2 aromatic heterocycles. The number of aromatic amines is 1. The van der Waals surface area contributed by atoms with Crippen LogP contribution in [-0.2, 0) is 6.54 Å². The summed E-state index contributed by atoms with van der Waals surface area (Å²) in [6, 6.07) is 5.60. The van der Waals surface area contributed by atoms with E-state index in [1.54, 1.807) is 12.3 Å². The van der Waals surface area contributed by atoms with E-state index < -0.39 is 11.2 Å². The van der Waals surface area contributed by atoms with Crippen LogP contribution in [0, 0.1) is 18.3 Å². The van der Waals surface area contributed by atoms with Gasteiger partial charge in [0.1, 0.15) is 17.5 Å². The summed E-state index contributed by atoms with van der Waals surface area (Å²) in [7, 11) is 0. The minimum Gasteiger partial charge on any atom is -0.370 e. The standard InChI is InChI=1S/C14H15N5O2/c1-10-3-4-12(17-8-10)16-5-2-6-19-9-11(7-15)13(20)18-14(19)21/h3-4,8-9H,2,5-6H2,1H3,(H,16,17)(H,18,20,21). The number of H-pyrrole nitrogens is 1. The summed E-state index contributed by atoms with van der Waals surface area (Å²) in [6.45, 7) is 3.00. The molecule has 0 aromatic carbocycles. The van der Waals surface area contributed by atoms with Crippen LogP contribution in [0.4, 0.5) is 5.82 Å². The Labute approximate surface area is 120 Å². The van der Waals surface area contributed by atoms with E-state index in [1.165, 1.54) is 10.8 Å². The number of nitrogens with zero attached hydrogens (tertiary/aromatic N) is 3. The SMILES string of the molecule is Cc1ccc(NCCCn2cc(C#N)c(=O)[nH]c2=O)nc1. The molecule has 108 valence electrons. The third-order valence-corrected chi connectivity index (χ3v) is 2.92. The molecule has 0 bridgehead atoms. The molecule has 2 aromatic rings. The average molecular weight is 285 g/mol. The fourth-order valence-corrected chi connectivity index (χ4v) is 1.79. The van der Waals surface area contributed by atoms with Gasteiger partial charge < -0.3 is 5.32 Å². The largest absolute Gasteiger partial charge is 0.370 e. The van der Waals surface area contributed by atoms with Crippen molar-refractivity contribution in [1.29, 1.82) is 5.26 Å². The molecule has 0 aliphatic carbocycles. The van der Waals surface area contributed by atoms with Gasteiger partial charge in [0.25, 0.3) is 5.56 Å². The molecule has 0 saturated carbocycles. The lowest BCUT2D eigenvalue weighted by molar-refractivity contribution is 0.617. The van der Waals surface area contributed by atoms with E-state index in [2.05, 4.69) is 15.3 Å². The second kappa shape index (κ2) is 6.52. The number of aromatic nitrogens is 3. The van der Waals surface area contributed by atoms with Crippen molar-refractivity contribution in [2.24, 2.45) is 0 Å². The molecule has 0 unspecified atom stereocenters. The lowest BCUT2D eigenvalue weighted by Gasteiger charge is -2.07. The molecule has 7 nitrogen and oxygen atoms in total. The number of hydrogen-bond acceptors (Lipinski definition) is 5. The van der Waals surface area contributed by atoms with Crippen molar-refractivity contribution in [3.8, 4) is 6.07 Å². The second-order valence-electron chi connectivity index (χ2n) is 4.61. The molecule has 2 N–H and O–H groups in total. The van der Waals surface area contributed by atoms with Crippen molar-refractivity contribution >= 4 is 5.82 Å². The molecule has 0 aliphatic rings. The number of anilines is 1. The summed E-state index contributed by atoms with van der Waals surface area (Å²) >= 11 is 0. The van der Waals surface area contributed by atoms with Crippen molar-refractivity contribution in [2.45, 2.75) is 19.9 Å². The van der Waals surface area contributed by atoms with Gasteiger partial charge in [0.2, 0.25) is 0 Å². The molecule has 0 amide bonds. The topological polar surface area (TPSA) is 104 Å². The van der Waals surface area contributed by atoms with Gasteiger partial charge in [-0.15, -0.1) is 0 Å². The Bertz CT molecular complexity index is 768. The molecule has 2 rings (SSSR count). The van der Waals surface area contributed by atoms with Crippen molar-refractivity contribution in [2.75, 3.05) is 11.9 Å². The van der Waals surface area contributed by atoms with Crippen molar-refractivity contribution in [1.82, 2.24) is 14.5 Å². The summed E-state index contributed by atoms with van der Waals surface area (Å²) in [6.07, 6.45) is 3.71. The van der Waals surface area contributed by atoms with Gasteiger partial charge in [-0.1, -0.05) is 6.07 Å². The minimum absolute atomic E-state index is 0.0669. The van der Waals surface area contributed by atoms with Crippen molar-refractivity contribution in [3.63, 3.8) is 0 Å². The third kappa shape index (κ3) is 3.79. The highest BCUT2D eigenvalue weighted by molar-refractivity contribution is 5.34. The highest BCUT2D eigenvalue weighted by Gasteiger charge is 2.03. The van der Waals surface area contributed by atoms with Crippen LogP contribution in [0.5, 0.6) is 0 Å². The Kier molecular flexibility index (Phi) is 4.51. The van der Waals surface area contributed by atoms with E-state index in [0.717, 1.165) is 11.4 Å². The molecule has 0 atom stereocenters. The van der Waals surface area contributed by atoms with Gasteiger partial charge in [-0.3, -0.25) is 14.3 Å². The monoisotopic (exact) mass is 285 g/mol. The molecule has 0 spiro atoms. The molecule has 2 heterocycles. The highest BCUT2D eigenvalue weighted by Crippen LogP contribution is 2.03. The lowest BCUT2D eigenvalue weighted by atomic mass is 10.3. The molecular formula is C14H15N5O2. The summed E-state index contributed by atoms with van der Waals surface area (Å²) in [5, 5.41) is 11.9. The van der Waals surface area contributed by atoms with Crippen LogP contribution in [0.3, 0.4) is 0 Å².